The van der Waals surface area contributed by atoms with Gasteiger partial charge in [-0.05, 0) is 46.9 Å². The Kier molecular flexibility index (Phi) is 5.57. The number of fused-ring (bicyclic) bond motifs is 2. The minimum Gasteiger partial charge on any atom is -0.354 e. The third kappa shape index (κ3) is 3.87. The maximum absolute atomic E-state index is 6.75. The minimum absolute atomic E-state index is 0.187. The molecule has 11 heteroatoms. The van der Waals surface area contributed by atoms with Gasteiger partial charge in [0.15, 0.2) is 5.65 Å². The van der Waals surface area contributed by atoms with Crippen molar-refractivity contribution in [3.8, 4) is 0 Å². The van der Waals surface area contributed by atoms with E-state index in [0.29, 0.717) is 17.0 Å². The summed E-state index contributed by atoms with van der Waals surface area (Å²) < 4.78 is 1.81. The van der Waals surface area contributed by atoms with E-state index in [1.165, 1.54) is 0 Å². The molecule has 0 radical (unpaired) electrons. The van der Waals surface area contributed by atoms with E-state index in [0.717, 1.165) is 65.3 Å². The summed E-state index contributed by atoms with van der Waals surface area (Å²) in [5, 5.41) is 13.4. The number of rotatable bonds is 6. The summed E-state index contributed by atoms with van der Waals surface area (Å²) in [6.07, 6.45) is 3.63. The summed E-state index contributed by atoms with van der Waals surface area (Å²) in [7, 11) is 4.24. The Morgan fingerprint density at radius 2 is 2.12 bits per heavy atom. The predicted molar refractivity (Wildman–Crippen MR) is 132 cm³/mol. The Labute approximate surface area is 197 Å². The van der Waals surface area contributed by atoms with E-state index < -0.39 is 0 Å². The lowest BCUT2D eigenvalue weighted by Crippen LogP contribution is -2.31. The molecule has 0 bridgehead atoms. The van der Waals surface area contributed by atoms with Crippen LogP contribution in [0.15, 0.2) is 12.3 Å². The molecule has 1 saturated heterocycles. The van der Waals surface area contributed by atoms with Crippen LogP contribution in [0.4, 0.5) is 17.5 Å². The van der Waals surface area contributed by atoms with Crippen molar-refractivity contribution in [2.75, 3.05) is 37.4 Å². The molecule has 0 saturated carbocycles. The van der Waals surface area contributed by atoms with Gasteiger partial charge in [0.1, 0.15) is 17.0 Å². The number of hydrogen-bond donors (Lipinski definition) is 2. The fourth-order valence-electron chi connectivity index (χ4n) is 4.35. The standard InChI is InChI=1S/C22H29ClN10/c1-6-15-18(23)17-19(26-15)27-22(28-21(17)32-8-7-14(11-32)31(4)5)25-13-9-16-20(24-10-13)33(12(2)3)30-29-16/h9-10,12,14H,6-8,11H2,1-5H3,(H2,25,26,27,28). The van der Waals surface area contributed by atoms with Gasteiger partial charge in [0.05, 0.1) is 28.3 Å². The molecule has 2 N–H and O–H groups in total. The van der Waals surface area contributed by atoms with E-state index in [-0.39, 0.29) is 6.04 Å². The number of nitrogens with zero attached hydrogens (tertiary/aromatic N) is 8. The number of halogens is 1. The van der Waals surface area contributed by atoms with Gasteiger partial charge in [-0.2, -0.15) is 9.97 Å². The molecule has 1 unspecified atom stereocenters. The van der Waals surface area contributed by atoms with Crippen molar-refractivity contribution < 1.29 is 0 Å². The van der Waals surface area contributed by atoms with Crippen molar-refractivity contribution in [2.45, 2.75) is 45.7 Å². The van der Waals surface area contributed by atoms with Gasteiger partial charge in [-0.15, -0.1) is 5.10 Å². The van der Waals surface area contributed by atoms with Gasteiger partial charge in [0, 0.05) is 24.8 Å². The maximum atomic E-state index is 6.75. The van der Waals surface area contributed by atoms with Crippen LogP contribution in [0, 0.1) is 0 Å². The number of pyridine rings is 1. The van der Waals surface area contributed by atoms with E-state index >= 15 is 0 Å². The maximum Gasteiger partial charge on any atom is 0.231 e. The van der Waals surface area contributed by atoms with Crippen molar-refractivity contribution in [3.63, 3.8) is 0 Å². The zero-order chi connectivity index (χ0) is 23.3. The molecule has 4 aromatic rings. The van der Waals surface area contributed by atoms with Crippen molar-refractivity contribution in [1.29, 1.82) is 0 Å². The Morgan fingerprint density at radius 1 is 1.30 bits per heavy atom. The topological polar surface area (TPSA) is 104 Å². The largest absolute Gasteiger partial charge is 0.354 e. The van der Waals surface area contributed by atoms with Crippen LogP contribution in [0.25, 0.3) is 22.2 Å². The Balaban J connectivity index is 1.54. The van der Waals surface area contributed by atoms with Crippen molar-refractivity contribution in [3.05, 3.63) is 23.0 Å². The quantitative estimate of drug-likeness (QED) is 0.440. The van der Waals surface area contributed by atoms with E-state index in [4.69, 9.17) is 21.6 Å². The summed E-state index contributed by atoms with van der Waals surface area (Å²) in [6.45, 7) is 8.00. The summed E-state index contributed by atoms with van der Waals surface area (Å²) in [6, 6.07) is 2.58. The Hall–Kier alpha value is -2.98. The second-order valence-electron chi connectivity index (χ2n) is 9.04. The van der Waals surface area contributed by atoms with E-state index in [1.807, 2.05) is 10.7 Å². The highest BCUT2D eigenvalue weighted by atomic mass is 35.5. The second-order valence-corrected chi connectivity index (χ2v) is 9.42. The van der Waals surface area contributed by atoms with Gasteiger partial charge < -0.3 is 20.1 Å². The van der Waals surface area contributed by atoms with Crippen LogP contribution in [0.2, 0.25) is 5.02 Å². The van der Waals surface area contributed by atoms with Crippen LogP contribution in [0.3, 0.4) is 0 Å². The number of aromatic nitrogens is 7. The molecule has 1 fully saturated rings. The second kappa shape index (κ2) is 8.42. The molecule has 0 aromatic carbocycles. The van der Waals surface area contributed by atoms with Gasteiger partial charge in [-0.3, -0.25) is 0 Å². The van der Waals surface area contributed by atoms with Crippen molar-refractivity contribution in [2.24, 2.45) is 0 Å². The molecular weight excluding hydrogens is 440 g/mol. The molecule has 10 nitrogen and oxygen atoms in total. The molecule has 0 aliphatic carbocycles. The van der Waals surface area contributed by atoms with E-state index in [9.17, 15) is 0 Å². The number of H-pyrrole nitrogens is 1. The average Bonchev–Trinajstić information content (AvgIpc) is 3.50. The van der Waals surface area contributed by atoms with Crippen LogP contribution in [0.1, 0.15) is 38.9 Å². The van der Waals surface area contributed by atoms with Crippen molar-refractivity contribution in [1.82, 2.24) is 39.8 Å². The third-order valence-electron chi connectivity index (χ3n) is 6.25. The van der Waals surface area contributed by atoms with Gasteiger partial charge in [0.2, 0.25) is 5.95 Å². The lowest BCUT2D eigenvalue weighted by Gasteiger charge is -2.22. The molecule has 0 amide bonds. The first-order valence-electron chi connectivity index (χ1n) is 11.3. The highest BCUT2D eigenvalue weighted by Gasteiger charge is 2.28. The minimum atomic E-state index is 0.187. The highest BCUT2D eigenvalue weighted by molar-refractivity contribution is 6.37. The van der Waals surface area contributed by atoms with Gasteiger partial charge in [-0.1, -0.05) is 23.7 Å². The lowest BCUT2D eigenvalue weighted by atomic mass is 10.2. The SMILES string of the molecule is CCc1[nH]c2nc(Nc3cnc4c(c3)nnn4C(C)C)nc(N3CCC(N(C)C)C3)c2c1Cl. The average molecular weight is 469 g/mol. The van der Waals surface area contributed by atoms with Crippen LogP contribution in [0.5, 0.6) is 0 Å². The van der Waals surface area contributed by atoms with Crippen molar-refractivity contribution >= 4 is 51.3 Å². The van der Waals surface area contributed by atoms with Crippen LogP contribution >= 0.6 is 11.6 Å². The van der Waals surface area contributed by atoms with Crippen LogP contribution in [-0.4, -0.2) is 73.1 Å². The van der Waals surface area contributed by atoms with Crippen LogP contribution < -0.4 is 10.2 Å². The molecular formula is C22H29ClN10. The first-order valence-corrected chi connectivity index (χ1v) is 11.7. The van der Waals surface area contributed by atoms with Crippen LogP contribution in [-0.2, 0) is 6.42 Å². The number of aryl methyl sites for hydroxylation is 1. The monoisotopic (exact) mass is 468 g/mol. The first-order chi connectivity index (χ1) is 15.9. The summed E-state index contributed by atoms with van der Waals surface area (Å²) in [4.78, 5) is 22.1. The third-order valence-corrected chi connectivity index (χ3v) is 6.67. The number of nitrogens with one attached hydrogen (secondary N) is 2. The number of likely N-dealkylation sites (N-methyl/N-ethyl adjacent to an activating group) is 1. The molecule has 1 aliphatic heterocycles. The fraction of sp³-hybridized carbons (Fsp3) is 0.500. The highest BCUT2D eigenvalue weighted by Crippen LogP contribution is 2.36. The van der Waals surface area contributed by atoms with E-state index in [2.05, 4.69) is 70.3 Å². The van der Waals surface area contributed by atoms with E-state index in [1.54, 1.807) is 6.20 Å². The Bertz CT molecular complexity index is 1310. The number of anilines is 3. The smallest absolute Gasteiger partial charge is 0.231 e. The lowest BCUT2D eigenvalue weighted by molar-refractivity contribution is 0.315. The molecule has 174 valence electrons. The molecule has 33 heavy (non-hydrogen) atoms. The summed E-state index contributed by atoms with van der Waals surface area (Å²) in [5.41, 5.74) is 3.93. The molecule has 5 heterocycles. The number of hydrogen-bond acceptors (Lipinski definition) is 8. The Morgan fingerprint density at radius 3 is 2.82 bits per heavy atom. The summed E-state index contributed by atoms with van der Waals surface area (Å²) >= 11 is 6.75. The zero-order valence-corrected chi connectivity index (χ0v) is 20.3. The number of aromatic amines is 1. The zero-order valence-electron chi connectivity index (χ0n) is 19.6. The molecule has 1 atom stereocenters. The van der Waals surface area contributed by atoms with Gasteiger partial charge in [0.25, 0.3) is 0 Å². The molecule has 5 rings (SSSR count). The fourth-order valence-corrected chi connectivity index (χ4v) is 4.71. The van der Waals surface area contributed by atoms with Gasteiger partial charge >= 0.3 is 0 Å². The molecule has 4 aromatic heterocycles. The normalized spacial score (nSPS) is 16.7. The first kappa shape index (κ1) is 21.8. The molecule has 0 spiro atoms. The van der Waals surface area contributed by atoms with Gasteiger partial charge in [-0.25, -0.2) is 9.67 Å². The predicted octanol–water partition coefficient (Wildman–Crippen LogP) is 3.78. The summed E-state index contributed by atoms with van der Waals surface area (Å²) in [5.74, 6) is 1.34. The molecule has 1 aliphatic rings.